The number of nitrogens with one attached hydrogen (secondary N) is 1. The van der Waals surface area contributed by atoms with Gasteiger partial charge >= 0.3 is 0 Å². The first-order chi connectivity index (χ1) is 9.33. The Morgan fingerprint density at radius 1 is 1.47 bits per heavy atom. The number of anilines is 1. The Balaban J connectivity index is 2.05. The van der Waals surface area contributed by atoms with Crippen molar-refractivity contribution in [2.24, 2.45) is 0 Å². The maximum atomic E-state index is 5.43. The molecular formula is C14H20N4O. The van der Waals surface area contributed by atoms with Gasteiger partial charge in [-0.3, -0.25) is 0 Å². The van der Waals surface area contributed by atoms with E-state index in [1.54, 1.807) is 0 Å². The second kappa shape index (κ2) is 5.17. The average Bonchev–Trinajstić information content (AvgIpc) is 3.06. The van der Waals surface area contributed by atoms with E-state index >= 15 is 0 Å². The molecule has 0 radical (unpaired) electrons. The first kappa shape index (κ1) is 12.4. The van der Waals surface area contributed by atoms with Crippen LogP contribution >= 0.6 is 0 Å². The van der Waals surface area contributed by atoms with Crippen LogP contribution in [0.1, 0.15) is 26.0 Å². The van der Waals surface area contributed by atoms with Crippen molar-refractivity contribution in [3.8, 4) is 0 Å². The van der Waals surface area contributed by atoms with E-state index in [-0.39, 0.29) is 0 Å². The smallest absolute Gasteiger partial charge is 0.160 e. The Morgan fingerprint density at radius 3 is 3.05 bits per heavy atom. The molecule has 3 heterocycles. The minimum atomic E-state index is 0.403. The number of pyridine rings is 1. The van der Waals surface area contributed by atoms with E-state index in [0.717, 1.165) is 49.6 Å². The Hall–Kier alpha value is -1.62. The molecule has 0 spiro atoms. The molecule has 0 bridgehead atoms. The highest BCUT2D eigenvalue weighted by molar-refractivity contribution is 5.91. The van der Waals surface area contributed by atoms with Crippen LogP contribution in [-0.4, -0.2) is 34.0 Å². The van der Waals surface area contributed by atoms with Crippen LogP contribution in [0.4, 0.5) is 5.69 Å². The number of rotatable bonds is 4. The topological polar surface area (TPSA) is 52.0 Å². The van der Waals surface area contributed by atoms with Crippen LogP contribution in [0, 0.1) is 0 Å². The minimum Gasteiger partial charge on any atom is -0.379 e. The highest BCUT2D eigenvalue weighted by Crippen LogP contribution is 2.27. The Labute approximate surface area is 113 Å². The Morgan fingerprint density at radius 2 is 2.37 bits per heavy atom. The fraction of sp³-hybridized carbons (Fsp3) is 0.571. The van der Waals surface area contributed by atoms with Crippen molar-refractivity contribution < 1.29 is 4.74 Å². The molecule has 0 amide bonds. The van der Waals surface area contributed by atoms with Crippen LogP contribution in [0.5, 0.6) is 0 Å². The van der Waals surface area contributed by atoms with Gasteiger partial charge in [-0.15, -0.1) is 0 Å². The highest BCUT2D eigenvalue weighted by atomic mass is 16.5. The lowest BCUT2D eigenvalue weighted by Gasteiger charge is -2.13. The van der Waals surface area contributed by atoms with Crippen LogP contribution in [0.25, 0.3) is 11.0 Å². The number of aryl methyl sites for hydroxylation is 2. The molecule has 1 saturated heterocycles. The molecule has 2 aromatic rings. The quantitative estimate of drug-likeness (QED) is 0.915. The van der Waals surface area contributed by atoms with Gasteiger partial charge in [-0.05, 0) is 25.8 Å². The third-order valence-corrected chi connectivity index (χ3v) is 3.63. The largest absolute Gasteiger partial charge is 0.379 e. The second-order valence-electron chi connectivity index (χ2n) is 4.88. The fourth-order valence-electron chi connectivity index (χ4n) is 2.63. The molecule has 102 valence electrons. The lowest BCUT2D eigenvalue weighted by atomic mass is 10.1. The molecule has 1 aliphatic heterocycles. The second-order valence-corrected chi connectivity index (χ2v) is 4.88. The zero-order valence-electron chi connectivity index (χ0n) is 11.5. The van der Waals surface area contributed by atoms with Gasteiger partial charge in [0.25, 0.3) is 0 Å². The predicted octanol–water partition coefficient (Wildman–Crippen LogP) is 2.21. The number of nitrogens with zero attached hydrogens (tertiary/aromatic N) is 3. The van der Waals surface area contributed by atoms with Gasteiger partial charge < -0.3 is 10.1 Å². The lowest BCUT2D eigenvalue weighted by Crippen LogP contribution is -2.19. The average molecular weight is 260 g/mol. The van der Waals surface area contributed by atoms with Gasteiger partial charge in [0.1, 0.15) is 0 Å². The summed E-state index contributed by atoms with van der Waals surface area (Å²) in [6, 6.07) is 2.45. The van der Waals surface area contributed by atoms with E-state index in [2.05, 4.69) is 29.2 Å². The molecule has 1 fully saturated rings. The standard InChI is InChI=1S/C14H20N4O/c1-3-11-13-12(16-10-6-8-19-9-10)5-7-15-14(13)18(4-2)17-11/h5,7,10H,3-4,6,8-9H2,1-2H3,(H,15,16)/t10-/m0/s1. The predicted molar refractivity (Wildman–Crippen MR) is 75.4 cm³/mol. The number of hydrogen-bond donors (Lipinski definition) is 1. The summed E-state index contributed by atoms with van der Waals surface area (Å²) < 4.78 is 7.40. The van der Waals surface area contributed by atoms with Crippen LogP contribution in [-0.2, 0) is 17.7 Å². The van der Waals surface area contributed by atoms with Gasteiger partial charge in [0.05, 0.1) is 23.7 Å². The molecule has 0 aromatic carbocycles. The van der Waals surface area contributed by atoms with Crippen molar-refractivity contribution >= 4 is 16.7 Å². The first-order valence-electron chi connectivity index (χ1n) is 7.02. The zero-order chi connectivity index (χ0) is 13.2. The van der Waals surface area contributed by atoms with Crippen molar-refractivity contribution in [3.05, 3.63) is 18.0 Å². The van der Waals surface area contributed by atoms with E-state index in [1.165, 1.54) is 5.39 Å². The van der Waals surface area contributed by atoms with Crippen molar-refractivity contribution in [2.45, 2.75) is 39.3 Å². The molecule has 0 aliphatic carbocycles. The Bertz CT molecular complexity index is 572. The number of aromatic nitrogens is 3. The fourth-order valence-corrected chi connectivity index (χ4v) is 2.63. The van der Waals surface area contributed by atoms with E-state index < -0.39 is 0 Å². The third-order valence-electron chi connectivity index (χ3n) is 3.63. The van der Waals surface area contributed by atoms with Gasteiger partial charge in [-0.1, -0.05) is 6.92 Å². The Kier molecular flexibility index (Phi) is 3.38. The summed E-state index contributed by atoms with van der Waals surface area (Å²) in [7, 11) is 0. The molecule has 1 N–H and O–H groups in total. The van der Waals surface area contributed by atoms with E-state index in [0.29, 0.717) is 6.04 Å². The molecular weight excluding hydrogens is 240 g/mol. The summed E-state index contributed by atoms with van der Waals surface area (Å²) in [4.78, 5) is 4.49. The van der Waals surface area contributed by atoms with Gasteiger partial charge in [0.15, 0.2) is 5.65 Å². The normalized spacial score (nSPS) is 19.2. The molecule has 1 atom stereocenters. The van der Waals surface area contributed by atoms with Gasteiger partial charge in [0.2, 0.25) is 0 Å². The summed E-state index contributed by atoms with van der Waals surface area (Å²) in [6.45, 7) is 6.71. The summed E-state index contributed by atoms with van der Waals surface area (Å²) in [6.07, 6.45) is 3.84. The molecule has 19 heavy (non-hydrogen) atoms. The van der Waals surface area contributed by atoms with Crippen molar-refractivity contribution in [1.29, 1.82) is 0 Å². The molecule has 1 aliphatic rings. The van der Waals surface area contributed by atoms with Crippen molar-refractivity contribution in [1.82, 2.24) is 14.8 Å². The highest BCUT2D eigenvalue weighted by Gasteiger charge is 2.19. The SMILES string of the molecule is CCc1nn(CC)c2nccc(N[C@H]3CCOC3)c12. The number of fused-ring (bicyclic) bond motifs is 1. The molecule has 3 rings (SSSR count). The van der Waals surface area contributed by atoms with Crippen molar-refractivity contribution in [2.75, 3.05) is 18.5 Å². The summed E-state index contributed by atoms with van der Waals surface area (Å²) in [5.74, 6) is 0. The zero-order valence-corrected chi connectivity index (χ0v) is 11.5. The number of ether oxygens (including phenoxy) is 1. The maximum absolute atomic E-state index is 5.43. The van der Waals surface area contributed by atoms with Crippen LogP contribution in [0.15, 0.2) is 12.3 Å². The van der Waals surface area contributed by atoms with Gasteiger partial charge in [-0.2, -0.15) is 5.10 Å². The van der Waals surface area contributed by atoms with Crippen molar-refractivity contribution in [3.63, 3.8) is 0 Å². The van der Waals surface area contributed by atoms with E-state index in [9.17, 15) is 0 Å². The molecule has 0 saturated carbocycles. The lowest BCUT2D eigenvalue weighted by molar-refractivity contribution is 0.195. The van der Waals surface area contributed by atoms with Crippen LogP contribution in [0.3, 0.4) is 0 Å². The van der Waals surface area contributed by atoms with Crippen LogP contribution in [0.2, 0.25) is 0 Å². The molecule has 2 aromatic heterocycles. The third kappa shape index (κ3) is 2.18. The van der Waals surface area contributed by atoms with Gasteiger partial charge in [0, 0.05) is 25.0 Å². The van der Waals surface area contributed by atoms with Crippen LogP contribution < -0.4 is 5.32 Å². The molecule has 5 nitrogen and oxygen atoms in total. The summed E-state index contributed by atoms with van der Waals surface area (Å²) in [5, 5.41) is 9.39. The molecule has 0 unspecified atom stereocenters. The molecule has 5 heteroatoms. The van der Waals surface area contributed by atoms with E-state index in [4.69, 9.17) is 4.74 Å². The summed E-state index contributed by atoms with van der Waals surface area (Å²) >= 11 is 0. The number of hydrogen-bond acceptors (Lipinski definition) is 4. The maximum Gasteiger partial charge on any atom is 0.160 e. The monoisotopic (exact) mass is 260 g/mol. The van der Waals surface area contributed by atoms with Gasteiger partial charge in [-0.25, -0.2) is 9.67 Å². The van der Waals surface area contributed by atoms with E-state index in [1.807, 2.05) is 16.9 Å². The first-order valence-corrected chi connectivity index (χ1v) is 7.02. The summed E-state index contributed by atoms with van der Waals surface area (Å²) in [5.41, 5.74) is 3.23. The minimum absolute atomic E-state index is 0.403.